The third-order valence-electron chi connectivity index (χ3n) is 10.1. The second-order valence-electron chi connectivity index (χ2n) is 13.0. The maximum Gasteiger partial charge on any atom is 0.159 e. The number of hydrogen-bond donors (Lipinski definition) is 1. The fourth-order valence-electron chi connectivity index (χ4n) is 7.77. The molecular formula is C45H28N4OS. The molecule has 0 bridgehead atoms. The summed E-state index contributed by atoms with van der Waals surface area (Å²) in [7, 11) is 0. The maximum atomic E-state index is 6.62. The minimum Gasteiger partial charge on any atom is -0.456 e. The van der Waals surface area contributed by atoms with E-state index in [1.807, 2.05) is 53.8 Å². The summed E-state index contributed by atoms with van der Waals surface area (Å²) in [5, 5.41) is 10.8. The molecule has 0 spiro atoms. The summed E-state index contributed by atoms with van der Waals surface area (Å²) in [5.41, 5.74) is 8.35. The van der Waals surface area contributed by atoms with Crippen molar-refractivity contribution in [2.45, 2.75) is 6.17 Å². The Morgan fingerprint density at radius 2 is 1.27 bits per heavy atom. The van der Waals surface area contributed by atoms with Gasteiger partial charge in [-0.3, -0.25) is 0 Å². The summed E-state index contributed by atoms with van der Waals surface area (Å²) in [5.74, 6) is 1.47. The van der Waals surface area contributed by atoms with Crippen molar-refractivity contribution < 1.29 is 4.42 Å². The Balaban J connectivity index is 1.12. The molecule has 0 fully saturated rings. The summed E-state index contributed by atoms with van der Waals surface area (Å²) >= 11 is 1.82. The number of benzene rings is 7. The molecule has 11 rings (SSSR count). The van der Waals surface area contributed by atoms with Crippen molar-refractivity contribution in [1.29, 1.82) is 0 Å². The molecule has 0 saturated heterocycles. The van der Waals surface area contributed by atoms with Crippen molar-refractivity contribution in [2.24, 2.45) is 9.98 Å². The van der Waals surface area contributed by atoms with Gasteiger partial charge in [-0.25, -0.2) is 9.98 Å². The van der Waals surface area contributed by atoms with E-state index in [1.165, 1.54) is 47.7 Å². The number of amidine groups is 2. The molecule has 51 heavy (non-hydrogen) atoms. The first-order valence-corrected chi connectivity index (χ1v) is 17.9. The van der Waals surface area contributed by atoms with Gasteiger partial charge in [-0.05, 0) is 42.0 Å². The minimum atomic E-state index is -0.283. The molecule has 6 heteroatoms. The lowest BCUT2D eigenvalue weighted by Gasteiger charge is -2.24. The molecule has 1 aliphatic heterocycles. The Kier molecular flexibility index (Phi) is 6.12. The van der Waals surface area contributed by atoms with Crippen LogP contribution in [0.2, 0.25) is 0 Å². The van der Waals surface area contributed by atoms with Gasteiger partial charge in [0, 0.05) is 48.1 Å². The molecule has 0 amide bonds. The molecule has 0 radical (unpaired) electrons. The molecule has 1 atom stereocenters. The highest BCUT2D eigenvalue weighted by molar-refractivity contribution is 7.26. The van der Waals surface area contributed by atoms with Crippen LogP contribution in [0.5, 0.6) is 0 Å². The molecule has 4 heterocycles. The van der Waals surface area contributed by atoms with Gasteiger partial charge in [0.2, 0.25) is 0 Å². The number of aliphatic imine (C=N–C) groups is 2. The summed E-state index contributed by atoms with van der Waals surface area (Å²) in [6.45, 7) is 0. The standard InChI is InChI=1S/C45H28N4OS/c1-3-13-27(14-4-1)43-46-44(28-15-5-2-6-16-28)48-45(47-43)32-20-12-24-38-41(32)34-25-33-31-19-11-23-37(42(31)51-40(33)26-39(34)50-38)49-35-21-9-7-17-29(35)30-18-8-10-22-36(30)49/h1-26,43H,(H,46,47,48). The summed E-state index contributed by atoms with van der Waals surface area (Å²) in [4.78, 5) is 10.2. The van der Waals surface area contributed by atoms with Crippen LogP contribution in [0.25, 0.3) is 69.6 Å². The number of nitrogens with one attached hydrogen (secondary N) is 1. The van der Waals surface area contributed by atoms with Crippen molar-refractivity contribution in [2.75, 3.05) is 0 Å². The maximum absolute atomic E-state index is 6.62. The first-order valence-electron chi connectivity index (χ1n) is 17.1. The molecule has 3 aromatic heterocycles. The molecule has 0 saturated carbocycles. The highest BCUT2D eigenvalue weighted by Crippen LogP contribution is 2.44. The number of fused-ring (bicyclic) bond motifs is 9. The predicted octanol–water partition coefficient (Wildman–Crippen LogP) is 11.5. The number of furan rings is 1. The van der Waals surface area contributed by atoms with E-state index < -0.39 is 0 Å². The van der Waals surface area contributed by atoms with Crippen LogP contribution in [0.3, 0.4) is 0 Å². The third-order valence-corrected chi connectivity index (χ3v) is 11.3. The van der Waals surface area contributed by atoms with Crippen LogP contribution in [0.1, 0.15) is 22.9 Å². The Labute approximate surface area is 296 Å². The monoisotopic (exact) mass is 672 g/mol. The highest BCUT2D eigenvalue weighted by Gasteiger charge is 2.24. The normalized spacial score (nSPS) is 14.9. The summed E-state index contributed by atoms with van der Waals surface area (Å²) < 4.78 is 11.5. The van der Waals surface area contributed by atoms with E-state index in [1.54, 1.807) is 0 Å². The zero-order chi connectivity index (χ0) is 33.5. The molecule has 240 valence electrons. The molecule has 0 aliphatic carbocycles. The SMILES string of the molecule is c1ccc(C2=NC(c3ccccc3)NC(c3cccc4oc5cc6sc7c(-n8c9ccccc9c9ccccc98)cccc7c6cc5c34)=N2)cc1. The second-order valence-corrected chi connectivity index (χ2v) is 14.0. The molecule has 1 unspecified atom stereocenters. The molecule has 1 N–H and O–H groups in total. The first-order chi connectivity index (χ1) is 25.3. The Hall–Kier alpha value is -6.50. The van der Waals surface area contributed by atoms with E-state index >= 15 is 0 Å². The quantitative estimate of drug-likeness (QED) is 0.202. The Morgan fingerprint density at radius 1 is 0.588 bits per heavy atom. The van der Waals surface area contributed by atoms with Crippen molar-refractivity contribution in [1.82, 2.24) is 9.88 Å². The van der Waals surface area contributed by atoms with Crippen LogP contribution in [-0.4, -0.2) is 16.2 Å². The molecule has 7 aromatic carbocycles. The number of thiophene rings is 1. The van der Waals surface area contributed by atoms with Crippen LogP contribution in [0, 0.1) is 0 Å². The van der Waals surface area contributed by atoms with Gasteiger partial charge in [-0.1, -0.05) is 121 Å². The van der Waals surface area contributed by atoms with Crippen molar-refractivity contribution in [3.8, 4) is 5.69 Å². The van der Waals surface area contributed by atoms with Crippen LogP contribution in [0.15, 0.2) is 172 Å². The van der Waals surface area contributed by atoms with Crippen LogP contribution >= 0.6 is 11.3 Å². The highest BCUT2D eigenvalue weighted by atomic mass is 32.1. The topological polar surface area (TPSA) is 54.8 Å². The third kappa shape index (κ3) is 4.33. The summed E-state index contributed by atoms with van der Waals surface area (Å²) in [6.07, 6.45) is -0.283. The number of hydrogen-bond acceptors (Lipinski definition) is 5. The van der Waals surface area contributed by atoms with Gasteiger partial charge in [-0.15, -0.1) is 11.3 Å². The smallest absolute Gasteiger partial charge is 0.159 e. The van der Waals surface area contributed by atoms with E-state index in [-0.39, 0.29) is 6.17 Å². The lowest BCUT2D eigenvalue weighted by Crippen LogP contribution is -2.33. The van der Waals surface area contributed by atoms with Crippen molar-refractivity contribution >= 4 is 86.9 Å². The van der Waals surface area contributed by atoms with E-state index in [2.05, 4.69) is 125 Å². The molecule has 10 aromatic rings. The van der Waals surface area contributed by atoms with Crippen molar-refractivity contribution in [3.05, 3.63) is 174 Å². The number of para-hydroxylation sites is 2. The molecular weight excluding hydrogens is 645 g/mol. The van der Waals surface area contributed by atoms with E-state index in [0.29, 0.717) is 5.84 Å². The fraction of sp³-hybridized carbons (Fsp3) is 0.0222. The van der Waals surface area contributed by atoms with Gasteiger partial charge in [0.15, 0.2) is 5.84 Å². The van der Waals surface area contributed by atoms with Gasteiger partial charge in [0.05, 0.1) is 21.4 Å². The first kappa shape index (κ1) is 28.3. The van der Waals surface area contributed by atoms with Gasteiger partial charge in [0.25, 0.3) is 0 Å². The second kappa shape index (κ2) is 11.0. The number of nitrogens with zero attached hydrogens (tertiary/aromatic N) is 3. The lowest BCUT2D eigenvalue weighted by atomic mass is 10.0. The van der Waals surface area contributed by atoms with E-state index in [0.717, 1.165) is 44.5 Å². The van der Waals surface area contributed by atoms with E-state index in [4.69, 9.17) is 14.4 Å². The largest absolute Gasteiger partial charge is 0.456 e. The van der Waals surface area contributed by atoms with Gasteiger partial charge in [-0.2, -0.15) is 0 Å². The summed E-state index contributed by atoms with van der Waals surface area (Å²) in [6, 6.07) is 55.4. The van der Waals surface area contributed by atoms with Crippen molar-refractivity contribution in [3.63, 3.8) is 0 Å². The van der Waals surface area contributed by atoms with Crippen LogP contribution in [0.4, 0.5) is 0 Å². The average molecular weight is 673 g/mol. The zero-order valence-electron chi connectivity index (χ0n) is 27.2. The average Bonchev–Trinajstić information content (AvgIpc) is 3.86. The van der Waals surface area contributed by atoms with Crippen LogP contribution < -0.4 is 5.32 Å². The zero-order valence-corrected chi connectivity index (χ0v) is 28.1. The fourth-order valence-corrected chi connectivity index (χ4v) is 8.98. The van der Waals surface area contributed by atoms with Gasteiger partial charge < -0.3 is 14.3 Å². The lowest BCUT2D eigenvalue weighted by molar-refractivity contribution is 0.668. The minimum absolute atomic E-state index is 0.283. The Bertz CT molecular complexity index is 3010. The van der Waals surface area contributed by atoms with Crippen LogP contribution in [-0.2, 0) is 0 Å². The Morgan fingerprint density at radius 3 is 2.06 bits per heavy atom. The van der Waals surface area contributed by atoms with E-state index in [9.17, 15) is 0 Å². The van der Waals surface area contributed by atoms with Gasteiger partial charge >= 0.3 is 0 Å². The number of rotatable bonds is 4. The molecule has 1 aliphatic rings. The van der Waals surface area contributed by atoms with Gasteiger partial charge in [0.1, 0.15) is 23.2 Å². The number of aromatic nitrogens is 1. The molecule has 5 nitrogen and oxygen atoms in total. The predicted molar refractivity (Wildman–Crippen MR) is 213 cm³/mol.